The number of rotatable bonds is 4. The maximum absolute atomic E-state index is 9.95. The highest BCUT2D eigenvalue weighted by atomic mass is 79.9. The molecule has 124 valence electrons. The molecule has 3 nitrogen and oxygen atoms in total. The van der Waals surface area contributed by atoms with Crippen molar-refractivity contribution in [1.82, 2.24) is 4.90 Å². The van der Waals surface area contributed by atoms with E-state index in [-0.39, 0.29) is 12.0 Å². The molecule has 0 saturated carbocycles. The van der Waals surface area contributed by atoms with E-state index in [2.05, 4.69) is 58.1 Å². The van der Waals surface area contributed by atoms with Crippen molar-refractivity contribution in [2.24, 2.45) is 0 Å². The molecular weight excluding hydrogens is 364 g/mol. The fraction of sp³-hybridized carbons (Fsp3) is 0.350. The Hall–Kier alpha value is -1.67. The highest BCUT2D eigenvalue weighted by molar-refractivity contribution is 9.10. The number of ether oxygens (including phenoxy) is 1. The van der Waals surface area contributed by atoms with Crippen LogP contribution in [0.25, 0.3) is 0 Å². The monoisotopic (exact) mass is 384 g/mol. The van der Waals surface area contributed by atoms with E-state index in [1.165, 1.54) is 11.1 Å². The van der Waals surface area contributed by atoms with Gasteiger partial charge in [-0.05, 0) is 30.2 Å². The van der Waals surface area contributed by atoms with Crippen LogP contribution in [0.15, 0.2) is 53.0 Å². The molecule has 4 heteroatoms. The lowest BCUT2D eigenvalue weighted by Crippen LogP contribution is -2.41. The van der Waals surface area contributed by atoms with Crippen LogP contribution in [-0.2, 0) is 4.74 Å². The fourth-order valence-electron chi connectivity index (χ4n) is 3.23. The van der Waals surface area contributed by atoms with E-state index >= 15 is 0 Å². The van der Waals surface area contributed by atoms with E-state index in [4.69, 9.17) is 4.74 Å². The maximum Gasteiger partial charge on any atom is 0.0909 e. The molecule has 2 unspecified atom stereocenters. The number of halogens is 1. The van der Waals surface area contributed by atoms with Crippen molar-refractivity contribution >= 4 is 15.9 Å². The molecule has 1 aliphatic heterocycles. The molecule has 2 atom stereocenters. The van der Waals surface area contributed by atoms with Crippen LogP contribution >= 0.6 is 15.9 Å². The quantitative estimate of drug-likeness (QED) is 0.781. The Bertz CT molecular complexity index is 700. The van der Waals surface area contributed by atoms with Gasteiger partial charge in [0.25, 0.3) is 0 Å². The Labute approximate surface area is 152 Å². The Kier molecular flexibility index (Phi) is 5.68. The predicted molar refractivity (Wildman–Crippen MR) is 98.8 cm³/mol. The van der Waals surface area contributed by atoms with Crippen molar-refractivity contribution in [2.45, 2.75) is 18.9 Å². The standard InChI is InChI=1S/C20H21BrN2O/c1-15-2-4-17(5-3-15)20(23-10-12-24-13-11-23)19(14-22)16-6-8-18(21)9-7-16/h2-9,19-20H,10-13H2,1H3. The first-order valence-electron chi connectivity index (χ1n) is 8.22. The normalized spacial score (nSPS) is 17.9. The van der Waals surface area contributed by atoms with E-state index in [0.717, 1.165) is 36.3 Å². The summed E-state index contributed by atoms with van der Waals surface area (Å²) in [5, 5.41) is 9.95. The number of nitriles is 1. The van der Waals surface area contributed by atoms with Gasteiger partial charge in [-0.15, -0.1) is 0 Å². The van der Waals surface area contributed by atoms with Crippen LogP contribution in [0.1, 0.15) is 28.7 Å². The van der Waals surface area contributed by atoms with Crippen molar-refractivity contribution in [3.05, 3.63) is 69.7 Å². The lowest BCUT2D eigenvalue weighted by molar-refractivity contribution is 0.0134. The second kappa shape index (κ2) is 7.94. The number of hydrogen-bond donors (Lipinski definition) is 0. The third kappa shape index (κ3) is 3.87. The summed E-state index contributed by atoms with van der Waals surface area (Å²) >= 11 is 3.47. The van der Waals surface area contributed by atoms with Gasteiger partial charge in [-0.25, -0.2) is 0 Å². The van der Waals surface area contributed by atoms with Gasteiger partial charge >= 0.3 is 0 Å². The Morgan fingerprint density at radius 1 is 1.00 bits per heavy atom. The van der Waals surface area contributed by atoms with Crippen LogP contribution in [0.5, 0.6) is 0 Å². The third-order valence-corrected chi connectivity index (χ3v) is 5.07. The first-order chi connectivity index (χ1) is 11.7. The second-order valence-corrected chi connectivity index (χ2v) is 7.08. The lowest BCUT2D eigenvalue weighted by Gasteiger charge is -2.37. The molecule has 0 aromatic heterocycles. The van der Waals surface area contributed by atoms with Crippen LogP contribution in [-0.4, -0.2) is 31.2 Å². The molecule has 24 heavy (non-hydrogen) atoms. The molecule has 2 aromatic carbocycles. The van der Waals surface area contributed by atoms with Crippen LogP contribution in [0.3, 0.4) is 0 Å². The molecular formula is C20H21BrN2O. The third-order valence-electron chi connectivity index (χ3n) is 4.54. The molecule has 2 aromatic rings. The van der Waals surface area contributed by atoms with Crippen LogP contribution in [0, 0.1) is 18.3 Å². The van der Waals surface area contributed by atoms with Crippen molar-refractivity contribution in [2.75, 3.05) is 26.3 Å². The van der Waals surface area contributed by atoms with Crippen molar-refractivity contribution < 1.29 is 4.74 Å². The summed E-state index contributed by atoms with van der Waals surface area (Å²) in [6.07, 6.45) is 0. The highest BCUT2D eigenvalue weighted by Gasteiger charge is 2.31. The predicted octanol–water partition coefficient (Wildman–Crippen LogP) is 4.44. The van der Waals surface area contributed by atoms with E-state index in [1.54, 1.807) is 0 Å². The first kappa shape index (κ1) is 17.2. The van der Waals surface area contributed by atoms with Crippen LogP contribution in [0.2, 0.25) is 0 Å². The van der Waals surface area contributed by atoms with E-state index in [9.17, 15) is 5.26 Å². The smallest absolute Gasteiger partial charge is 0.0909 e. The summed E-state index contributed by atoms with van der Waals surface area (Å²) in [5.74, 6) is -0.209. The molecule has 0 radical (unpaired) electrons. The minimum absolute atomic E-state index is 0.0423. The van der Waals surface area contributed by atoms with Crippen molar-refractivity contribution in [3.63, 3.8) is 0 Å². The molecule has 0 aliphatic carbocycles. The summed E-state index contributed by atoms with van der Waals surface area (Å²) < 4.78 is 6.54. The number of aryl methyl sites for hydroxylation is 1. The molecule has 0 amide bonds. The minimum atomic E-state index is -0.209. The van der Waals surface area contributed by atoms with Gasteiger partial charge < -0.3 is 4.74 Å². The molecule has 1 fully saturated rings. The zero-order valence-electron chi connectivity index (χ0n) is 13.8. The van der Waals surface area contributed by atoms with Gasteiger partial charge in [0.05, 0.1) is 31.2 Å². The highest BCUT2D eigenvalue weighted by Crippen LogP contribution is 2.36. The van der Waals surface area contributed by atoms with Crippen LogP contribution in [0.4, 0.5) is 0 Å². The second-order valence-electron chi connectivity index (χ2n) is 6.16. The van der Waals surface area contributed by atoms with Crippen LogP contribution < -0.4 is 0 Å². The van der Waals surface area contributed by atoms with Gasteiger partial charge in [-0.2, -0.15) is 5.26 Å². The fourth-order valence-corrected chi connectivity index (χ4v) is 3.50. The summed E-state index contributed by atoms with van der Waals surface area (Å²) in [5.41, 5.74) is 3.48. The van der Waals surface area contributed by atoms with E-state index in [0.29, 0.717) is 0 Å². The lowest BCUT2D eigenvalue weighted by atomic mass is 9.86. The zero-order chi connectivity index (χ0) is 16.9. The number of hydrogen-bond acceptors (Lipinski definition) is 3. The van der Waals surface area contributed by atoms with E-state index < -0.39 is 0 Å². The van der Waals surface area contributed by atoms with Gasteiger partial charge in [0, 0.05) is 17.6 Å². The van der Waals surface area contributed by atoms with Gasteiger partial charge in [0.15, 0.2) is 0 Å². The summed E-state index contributed by atoms with van der Waals surface area (Å²) in [4.78, 5) is 2.38. The topological polar surface area (TPSA) is 36.3 Å². The minimum Gasteiger partial charge on any atom is -0.379 e. The average molecular weight is 385 g/mol. The van der Waals surface area contributed by atoms with Gasteiger partial charge in [0.1, 0.15) is 0 Å². The summed E-state index contributed by atoms with van der Waals surface area (Å²) in [7, 11) is 0. The van der Waals surface area contributed by atoms with Crippen molar-refractivity contribution in [3.8, 4) is 6.07 Å². The SMILES string of the molecule is Cc1ccc(C(C(C#N)c2ccc(Br)cc2)N2CCOCC2)cc1. The number of benzene rings is 2. The Balaban J connectivity index is 1.99. The molecule has 0 bridgehead atoms. The largest absolute Gasteiger partial charge is 0.379 e. The summed E-state index contributed by atoms with van der Waals surface area (Å²) in [6, 6.07) is 19.2. The molecule has 0 spiro atoms. The molecule has 1 aliphatic rings. The van der Waals surface area contributed by atoms with E-state index in [1.807, 2.05) is 24.3 Å². The molecule has 1 heterocycles. The van der Waals surface area contributed by atoms with Gasteiger partial charge in [-0.3, -0.25) is 4.90 Å². The average Bonchev–Trinajstić information content (AvgIpc) is 2.62. The Morgan fingerprint density at radius 3 is 2.17 bits per heavy atom. The number of nitrogens with zero attached hydrogens (tertiary/aromatic N) is 2. The molecule has 1 saturated heterocycles. The van der Waals surface area contributed by atoms with Gasteiger partial charge in [-0.1, -0.05) is 57.9 Å². The zero-order valence-corrected chi connectivity index (χ0v) is 15.4. The van der Waals surface area contributed by atoms with Crippen molar-refractivity contribution in [1.29, 1.82) is 5.26 Å². The molecule has 0 N–H and O–H groups in total. The first-order valence-corrected chi connectivity index (χ1v) is 9.02. The summed E-state index contributed by atoms with van der Waals surface area (Å²) in [6.45, 7) is 5.24. The Morgan fingerprint density at radius 2 is 1.58 bits per heavy atom. The number of morpholine rings is 1. The molecule has 3 rings (SSSR count). The van der Waals surface area contributed by atoms with Gasteiger partial charge in [0.2, 0.25) is 0 Å². The maximum atomic E-state index is 9.95.